The molecule has 3 rings (SSSR count). The lowest BCUT2D eigenvalue weighted by Gasteiger charge is -2.11. The third kappa shape index (κ3) is 3.42. The molecule has 2 heterocycles. The molecular weight excluding hydrogens is 372 g/mol. The van der Waals surface area contributed by atoms with Gasteiger partial charge >= 0.3 is 0 Å². The summed E-state index contributed by atoms with van der Waals surface area (Å²) in [6.07, 6.45) is 3.25. The number of aromatic nitrogens is 3. The van der Waals surface area contributed by atoms with Crippen molar-refractivity contribution in [2.75, 3.05) is 7.05 Å². The average molecular weight is 395 g/mol. The molecule has 1 N–H and O–H groups in total. The van der Waals surface area contributed by atoms with E-state index in [1.807, 2.05) is 44.3 Å². The Morgan fingerprint density at radius 3 is 2.31 bits per heavy atom. The number of benzene rings is 1. The van der Waals surface area contributed by atoms with Crippen LogP contribution in [0.5, 0.6) is 0 Å². The molecule has 26 heavy (non-hydrogen) atoms. The molecule has 0 saturated carbocycles. The Morgan fingerprint density at radius 1 is 1.12 bits per heavy atom. The molecule has 0 radical (unpaired) electrons. The van der Waals surface area contributed by atoms with Crippen molar-refractivity contribution in [3.05, 3.63) is 59.5 Å². The fraction of sp³-hybridized carbons (Fsp3) is 0.278. The Labute approximate surface area is 160 Å². The maximum Gasteiger partial charge on any atom is 0.271 e. The molecule has 0 saturated heterocycles. The first-order valence-corrected chi connectivity index (χ1v) is 9.47. The lowest BCUT2D eigenvalue weighted by Crippen LogP contribution is -2.14. The van der Waals surface area contributed by atoms with E-state index in [-0.39, 0.29) is 17.3 Å². The molecule has 0 aliphatic carbocycles. The Bertz CT molecular complexity index is 1010. The maximum atomic E-state index is 13.3. The van der Waals surface area contributed by atoms with E-state index >= 15 is 0 Å². The van der Waals surface area contributed by atoms with E-state index in [1.54, 1.807) is 26.4 Å². The van der Waals surface area contributed by atoms with Crippen LogP contribution < -0.4 is 5.32 Å². The predicted molar refractivity (Wildman–Crippen MR) is 105 cm³/mol. The second kappa shape index (κ2) is 7.65. The molecule has 0 amide bonds. The van der Waals surface area contributed by atoms with Crippen molar-refractivity contribution in [1.29, 1.82) is 0 Å². The van der Waals surface area contributed by atoms with Gasteiger partial charge in [-0.3, -0.25) is 4.68 Å². The third-order valence-electron chi connectivity index (χ3n) is 4.25. The fourth-order valence-electron chi connectivity index (χ4n) is 3.06. The summed E-state index contributed by atoms with van der Waals surface area (Å²) in [6.45, 7) is 4.26. The molecule has 6 nitrogen and oxygen atoms in total. The van der Waals surface area contributed by atoms with Crippen LogP contribution >= 0.6 is 12.4 Å². The van der Waals surface area contributed by atoms with Crippen LogP contribution in [-0.2, 0) is 23.6 Å². The van der Waals surface area contributed by atoms with Crippen LogP contribution in [0.1, 0.15) is 16.8 Å². The number of aryl methyl sites for hydroxylation is 2. The number of rotatable bonds is 5. The summed E-state index contributed by atoms with van der Waals surface area (Å²) in [5.41, 5.74) is 3.95. The minimum Gasteiger partial charge on any atom is -0.316 e. The van der Waals surface area contributed by atoms with Gasteiger partial charge in [-0.15, -0.1) is 12.4 Å². The Hall–Kier alpha value is -2.09. The predicted octanol–water partition coefficient (Wildman–Crippen LogP) is 2.88. The number of hydrogen-bond acceptors (Lipinski definition) is 4. The van der Waals surface area contributed by atoms with Crippen LogP contribution in [0.15, 0.2) is 47.6 Å². The summed E-state index contributed by atoms with van der Waals surface area (Å²) >= 11 is 0. The summed E-state index contributed by atoms with van der Waals surface area (Å²) in [4.78, 5) is 0.221. The molecule has 2 aromatic heterocycles. The number of nitrogens with zero attached hydrogens (tertiary/aromatic N) is 3. The van der Waals surface area contributed by atoms with E-state index < -0.39 is 10.0 Å². The van der Waals surface area contributed by atoms with Gasteiger partial charge in [0.2, 0.25) is 0 Å². The van der Waals surface area contributed by atoms with E-state index in [0.717, 1.165) is 16.7 Å². The normalized spacial score (nSPS) is 11.4. The number of halogens is 1. The molecule has 0 fully saturated rings. The standard InChI is InChI=1S/C18H22N4O2S.ClH/c1-13-16(10-19-3)11-22(18(13)15-8-6-5-7-9-15)25(23,24)17-12-21(4)20-14(17)2;/h5-9,11-12,19H,10H2,1-4H3;1H. The van der Waals surface area contributed by atoms with Gasteiger partial charge in [-0.1, -0.05) is 30.3 Å². The Morgan fingerprint density at radius 2 is 1.77 bits per heavy atom. The van der Waals surface area contributed by atoms with Gasteiger partial charge in [-0.2, -0.15) is 5.10 Å². The largest absolute Gasteiger partial charge is 0.316 e. The van der Waals surface area contributed by atoms with Gasteiger partial charge in [-0.05, 0) is 37.6 Å². The van der Waals surface area contributed by atoms with E-state index in [0.29, 0.717) is 17.9 Å². The van der Waals surface area contributed by atoms with Crippen molar-refractivity contribution in [2.24, 2.45) is 7.05 Å². The van der Waals surface area contributed by atoms with Crippen LogP contribution in [0.4, 0.5) is 0 Å². The molecule has 1 aromatic carbocycles. The van der Waals surface area contributed by atoms with Gasteiger partial charge in [0, 0.05) is 26.0 Å². The molecule has 0 aliphatic rings. The lowest BCUT2D eigenvalue weighted by atomic mass is 10.1. The summed E-state index contributed by atoms with van der Waals surface area (Å²) in [5, 5.41) is 7.28. The molecular formula is C18H23ClN4O2S. The average Bonchev–Trinajstić information content (AvgIpc) is 3.09. The first-order chi connectivity index (χ1) is 11.9. The summed E-state index contributed by atoms with van der Waals surface area (Å²) < 4.78 is 29.5. The van der Waals surface area contributed by atoms with Gasteiger partial charge in [0.05, 0.1) is 11.4 Å². The van der Waals surface area contributed by atoms with Crippen molar-refractivity contribution in [2.45, 2.75) is 25.3 Å². The summed E-state index contributed by atoms with van der Waals surface area (Å²) in [6, 6.07) is 9.58. The molecule has 8 heteroatoms. The SMILES string of the molecule is CNCc1cn(S(=O)(=O)c2cn(C)nc2C)c(-c2ccccc2)c1C.Cl. The number of hydrogen-bond donors (Lipinski definition) is 1. The fourth-order valence-corrected chi connectivity index (χ4v) is 4.72. The molecule has 0 atom stereocenters. The van der Waals surface area contributed by atoms with Crippen molar-refractivity contribution >= 4 is 22.4 Å². The lowest BCUT2D eigenvalue weighted by molar-refractivity contribution is 0.587. The highest BCUT2D eigenvalue weighted by atomic mass is 35.5. The third-order valence-corrected chi connectivity index (χ3v) is 6.01. The zero-order valence-corrected chi connectivity index (χ0v) is 16.9. The molecule has 0 bridgehead atoms. The molecule has 140 valence electrons. The zero-order chi connectivity index (χ0) is 18.2. The van der Waals surface area contributed by atoms with Gasteiger partial charge in [0.1, 0.15) is 4.90 Å². The van der Waals surface area contributed by atoms with Gasteiger partial charge < -0.3 is 5.32 Å². The smallest absolute Gasteiger partial charge is 0.271 e. The molecule has 0 aliphatic heterocycles. The zero-order valence-electron chi connectivity index (χ0n) is 15.2. The van der Waals surface area contributed by atoms with E-state index in [9.17, 15) is 8.42 Å². The molecule has 0 unspecified atom stereocenters. The van der Waals surface area contributed by atoms with Gasteiger partial charge in [0.25, 0.3) is 10.0 Å². The maximum absolute atomic E-state index is 13.3. The number of nitrogens with one attached hydrogen (secondary N) is 1. The van der Waals surface area contributed by atoms with E-state index in [4.69, 9.17) is 0 Å². The molecule has 0 spiro atoms. The highest BCUT2D eigenvalue weighted by Gasteiger charge is 2.27. The van der Waals surface area contributed by atoms with Crippen LogP contribution in [0.3, 0.4) is 0 Å². The van der Waals surface area contributed by atoms with Crippen molar-refractivity contribution in [3.63, 3.8) is 0 Å². The van der Waals surface area contributed by atoms with Crippen LogP contribution in [0.25, 0.3) is 11.3 Å². The topological polar surface area (TPSA) is 68.9 Å². The first kappa shape index (κ1) is 20.2. The van der Waals surface area contributed by atoms with Crippen LogP contribution in [0, 0.1) is 13.8 Å². The second-order valence-electron chi connectivity index (χ2n) is 6.08. The minimum absolute atomic E-state index is 0. The highest BCUT2D eigenvalue weighted by molar-refractivity contribution is 7.90. The van der Waals surface area contributed by atoms with E-state index in [2.05, 4.69) is 10.4 Å². The second-order valence-corrected chi connectivity index (χ2v) is 7.86. The van der Waals surface area contributed by atoms with Crippen molar-refractivity contribution < 1.29 is 8.42 Å². The summed E-state index contributed by atoms with van der Waals surface area (Å²) in [7, 11) is -0.176. The Kier molecular flexibility index (Phi) is 5.95. The van der Waals surface area contributed by atoms with Crippen molar-refractivity contribution in [1.82, 2.24) is 19.1 Å². The minimum atomic E-state index is -3.74. The summed E-state index contributed by atoms with van der Waals surface area (Å²) in [5.74, 6) is 0. The van der Waals surface area contributed by atoms with Gasteiger partial charge in [0.15, 0.2) is 0 Å². The van der Waals surface area contributed by atoms with Crippen molar-refractivity contribution in [3.8, 4) is 11.3 Å². The van der Waals surface area contributed by atoms with Crippen LogP contribution in [-0.4, -0.2) is 29.2 Å². The quantitative estimate of drug-likeness (QED) is 0.722. The monoisotopic (exact) mass is 394 g/mol. The van der Waals surface area contributed by atoms with E-state index in [1.165, 1.54) is 8.65 Å². The van der Waals surface area contributed by atoms with Gasteiger partial charge in [-0.25, -0.2) is 12.4 Å². The Balaban J connectivity index is 0.00000243. The highest BCUT2D eigenvalue weighted by Crippen LogP contribution is 2.31. The van der Waals surface area contributed by atoms with Crippen LogP contribution in [0.2, 0.25) is 0 Å². The molecule has 3 aromatic rings. The first-order valence-electron chi connectivity index (χ1n) is 8.03.